The second-order valence-corrected chi connectivity index (χ2v) is 8.33. The minimum absolute atomic E-state index is 0. The van der Waals surface area contributed by atoms with E-state index in [9.17, 15) is 0 Å². The molecule has 0 aromatic heterocycles. The van der Waals surface area contributed by atoms with Gasteiger partial charge in [0.25, 0.3) is 0 Å². The first-order valence-corrected chi connectivity index (χ1v) is 11.1. The Kier molecular flexibility index (Phi) is 11.2. The summed E-state index contributed by atoms with van der Waals surface area (Å²) >= 11 is 0. The molecule has 3 rings (SSSR count). The summed E-state index contributed by atoms with van der Waals surface area (Å²) in [5, 5.41) is 3.47. The van der Waals surface area contributed by atoms with Gasteiger partial charge in [-0.1, -0.05) is 24.3 Å². The fourth-order valence-corrected chi connectivity index (χ4v) is 3.91. The quantitative estimate of drug-likeness (QED) is 0.301. The monoisotopic (exact) mass is 567 g/mol. The zero-order chi connectivity index (χ0) is 22.9. The van der Waals surface area contributed by atoms with E-state index in [-0.39, 0.29) is 24.0 Å². The lowest BCUT2D eigenvalue weighted by Gasteiger charge is -2.32. The number of hydrogen-bond donors (Lipinski definition) is 1. The molecule has 0 spiro atoms. The van der Waals surface area contributed by atoms with Crippen LogP contribution in [0.15, 0.2) is 47.5 Å². The highest BCUT2D eigenvalue weighted by Gasteiger charge is 2.14. The first-order valence-electron chi connectivity index (χ1n) is 11.1. The Balaban J connectivity index is 0.00000385. The van der Waals surface area contributed by atoms with E-state index in [2.05, 4.69) is 56.3 Å². The van der Waals surface area contributed by atoms with Crippen LogP contribution in [0.25, 0.3) is 0 Å². The van der Waals surface area contributed by atoms with E-state index in [1.54, 1.807) is 14.2 Å². The third-order valence-electron chi connectivity index (χ3n) is 5.95. The van der Waals surface area contributed by atoms with Crippen LogP contribution in [-0.2, 0) is 19.6 Å². The second kappa shape index (κ2) is 13.6. The van der Waals surface area contributed by atoms with Crippen LogP contribution in [-0.4, -0.2) is 82.2 Å². The van der Waals surface area contributed by atoms with E-state index in [1.807, 2.05) is 32.3 Å². The van der Waals surface area contributed by atoms with E-state index in [0.29, 0.717) is 6.54 Å². The molecule has 0 bridgehead atoms. The summed E-state index contributed by atoms with van der Waals surface area (Å²) in [4.78, 5) is 11.4. The number of halogens is 1. The van der Waals surface area contributed by atoms with Crippen molar-refractivity contribution in [2.75, 3.05) is 61.5 Å². The maximum Gasteiger partial charge on any atom is 0.193 e. The van der Waals surface area contributed by atoms with Crippen molar-refractivity contribution >= 4 is 29.9 Å². The Morgan fingerprint density at radius 2 is 1.67 bits per heavy atom. The lowest BCUT2D eigenvalue weighted by Crippen LogP contribution is -2.43. The number of hydrogen-bond acceptors (Lipinski definition) is 5. The van der Waals surface area contributed by atoms with Crippen molar-refractivity contribution in [1.29, 1.82) is 0 Å². The lowest BCUT2D eigenvalue weighted by molar-refractivity contribution is 0.148. The van der Waals surface area contributed by atoms with E-state index < -0.39 is 0 Å². The number of guanidine groups is 1. The summed E-state index contributed by atoms with van der Waals surface area (Å²) in [7, 11) is 9.36. The van der Waals surface area contributed by atoms with Crippen molar-refractivity contribution in [3.8, 4) is 11.5 Å². The third kappa shape index (κ3) is 8.04. The van der Waals surface area contributed by atoms with Crippen LogP contribution in [0.2, 0.25) is 0 Å². The number of piperazine rings is 1. The van der Waals surface area contributed by atoms with Gasteiger partial charge in [-0.3, -0.25) is 9.89 Å². The summed E-state index contributed by atoms with van der Waals surface area (Å²) in [6, 6.07) is 14.8. The Morgan fingerprint density at radius 3 is 2.27 bits per heavy atom. The normalized spacial score (nSPS) is 15.0. The molecule has 2 aromatic carbocycles. The highest BCUT2D eigenvalue weighted by atomic mass is 127. The molecular weight excluding hydrogens is 529 g/mol. The molecule has 1 aliphatic heterocycles. The number of aliphatic imine (C=N–C) groups is 1. The molecule has 0 unspecified atom stereocenters. The molecule has 8 heteroatoms. The fourth-order valence-electron chi connectivity index (χ4n) is 3.91. The first kappa shape index (κ1) is 27.2. The number of rotatable bonds is 8. The van der Waals surface area contributed by atoms with Crippen LogP contribution in [0, 0.1) is 0 Å². The van der Waals surface area contributed by atoms with Crippen LogP contribution in [0.1, 0.15) is 16.7 Å². The summed E-state index contributed by atoms with van der Waals surface area (Å²) in [5.41, 5.74) is 3.68. The molecule has 1 N–H and O–H groups in total. The lowest BCUT2D eigenvalue weighted by atomic mass is 10.1. The largest absolute Gasteiger partial charge is 0.497 e. The van der Waals surface area contributed by atoms with Crippen LogP contribution in [0.4, 0.5) is 0 Å². The summed E-state index contributed by atoms with van der Waals surface area (Å²) < 4.78 is 10.8. The minimum Gasteiger partial charge on any atom is -0.497 e. The molecule has 0 radical (unpaired) electrons. The van der Waals surface area contributed by atoms with E-state index >= 15 is 0 Å². The number of nitrogens with zero attached hydrogens (tertiary/aromatic N) is 4. The van der Waals surface area contributed by atoms with Gasteiger partial charge in [0.05, 0.1) is 14.2 Å². The predicted octanol–water partition coefficient (Wildman–Crippen LogP) is 3.28. The van der Waals surface area contributed by atoms with E-state index in [0.717, 1.165) is 62.3 Å². The molecule has 7 nitrogen and oxygen atoms in total. The maximum absolute atomic E-state index is 5.53. The third-order valence-corrected chi connectivity index (χ3v) is 5.95. The van der Waals surface area contributed by atoms with E-state index in [4.69, 9.17) is 9.47 Å². The molecule has 0 aliphatic carbocycles. The maximum atomic E-state index is 5.53. The van der Waals surface area contributed by atoms with Crippen molar-refractivity contribution in [3.63, 3.8) is 0 Å². The predicted molar refractivity (Wildman–Crippen MR) is 146 cm³/mol. The van der Waals surface area contributed by atoms with E-state index in [1.165, 1.54) is 11.1 Å². The number of likely N-dealkylation sites (N-methyl/N-ethyl adjacent to an activating group) is 1. The van der Waals surface area contributed by atoms with Crippen LogP contribution in [0.5, 0.6) is 11.5 Å². The Morgan fingerprint density at radius 1 is 1.00 bits per heavy atom. The molecule has 0 saturated carbocycles. The summed E-state index contributed by atoms with van der Waals surface area (Å²) in [6.45, 7) is 7.01. The summed E-state index contributed by atoms with van der Waals surface area (Å²) in [6.07, 6.45) is 0. The molecule has 182 valence electrons. The van der Waals surface area contributed by atoms with Gasteiger partial charge in [0.1, 0.15) is 11.5 Å². The Bertz CT molecular complexity index is 883. The second-order valence-electron chi connectivity index (χ2n) is 8.33. The molecule has 33 heavy (non-hydrogen) atoms. The van der Waals surface area contributed by atoms with Crippen LogP contribution < -0.4 is 14.8 Å². The topological polar surface area (TPSA) is 52.6 Å². The highest BCUT2D eigenvalue weighted by molar-refractivity contribution is 14.0. The van der Waals surface area contributed by atoms with Gasteiger partial charge in [-0.25, -0.2) is 0 Å². The van der Waals surface area contributed by atoms with Crippen molar-refractivity contribution < 1.29 is 9.47 Å². The van der Waals surface area contributed by atoms with Gasteiger partial charge < -0.3 is 24.6 Å². The zero-order valence-corrected chi connectivity index (χ0v) is 22.8. The van der Waals surface area contributed by atoms with Crippen molar-refractivity contribution in [1.82, 2.24) is 20.0 Å². The molecule has 1 aliphatic rings. The van der Waals surface area contributed by atoms with Crippen molar-refractivity contribution in [3.05, 3.63) is 59.2 Å². The fraction of sp³-hybridized carbons (Fsp3) is 0.480. The van der Waals surface area contributed by atoms with Gasteiger partial charge in [-0.15, -0.1) is 24.0 Å². The Hall–Kier alpha value is -2.04. The molecule has 2 aromatic rings. The molecule has 1 saturated heterocycles. The van der Waals surface area contributed by atoms with Gasteiger partial charge in [0.2, 0.25) is 0 Å². The van der Waals surface area contributed by atoms with Crippen LogP contribution in [0.3, 0.4) is 0 Å². The molecule has 1 fully saturated rings. The number of benzene rings is 2. The average Bonchev–Trinajstić information content (AvgIpc) is 2.82. The zero-order valence-electron chi connectivity index (χ0n) is 20.5. The van der Waals surface area contributed by atoms with Gasteiger partial charge >= 0.3 is 0 Å². The molecule has 0 atom stereocenters. The van der Waals surface area contributed by atoms with Crippen molar-refractivity contribution in [2.45, 2.75) is 19.6 Å². The number of nitrogens with one attached hydrogen (secondary N) is 1. The SMILES string of the molecule is CN=C(NCc1ccc(CN2CCN(C)CC2)cc1)N(C)Cc1ccc(OC)cc1OC.I. The average molecular weight is 568 g/mol. The Labute approximate surface area is 215 Å². The number of methoxy groups -OCH3 is 2. The summed E-state index contributed by atoms with van der Waals surface area (Å²) in [5.74, 6) is 2.43. The van der Waals surface area contributed by atoms with Gasteiger partial charge in [0, 0.05) is 71.5 Å². The standard InChI is InChI=1S/C25H37N5O2.HI/c1-26-25(29(3)19-22-10-11-23(31-4)16-24(22)32-5)27-17-20-6-8-21(9-7-20)18-30-14-12-28(2)13-15-30;/h6-11,16H,12-15,17-19H2,1-5H3,(H,26,27);1H. The van der Waals surface area contributed by atoms with Gasteiger partial charge in [-0.2, -0.15) is 0 Å². The molecule has 1 heterocycles. The molecule has 0 amide bonds. The van der Waals surface area contributed by atoms with Gasteiger partial charge in [0.15, 0.2) is 5.96 Å². The smallest absolute Gasteiger partial charge is 0.193 e. The van der Waals surface area contributed by atoms with Crippen LogP contribution >= 0.6 is 24.0 Å². The van der Waals surface area contributed by atoms with Crippen molar-refractivity contribution in [2.24, 2.45) is 4.99 Å². The highest BCUT2D eigenvalue weighted by Crippen LogP contribution is 2.25. The number of ether oxygens (including phenoxy) is 2. The first-order chi connectivity index (χ1) is 15.5. The molecular formula is C25H38IN5O2. The van der Waals surface area contributed by atoms with Gasteiger partial charge in [-0.05, 0) is 30.3 Å². The minimum atomic E-state index is 0.